The highest BCUT2D eigenvalue weighted by Crippen LogP contribution is 2.55. The standard InChI is InChI=1S/C40H44/c1-9-11-26(5)38-28(7)21-36-24-35(29(8)39(36)40(38)32-15-12-30(10-2)13-16-32)23-31-14-17-34(22-31)37-19-18-33(25(3)4)20-27(37)6/h12-21,23,39-40H,3,5,8-11,22,24H2,1-2,4,6-7H3. The molecule has 0 amide bonds. The fraction of sp³-hybridized carbons (Fsp3) is 0.300. The van der Waals surface area contributed by atoms with Crippen molar-refractivity contribution in [3.8, 4) is 0 Å². The van der Waals surface area contributed by atoms with Gasteiger partial charge in [0.1, 0.15) is 0 Å². The van der Waals surface area contributed by atoms with Crippen molar-refractivity contribution in [2.24, 2.45) is 5.92 Å². The first-order valence-electron chi connectivity index (χ1n) is 15.0. The zero-order valence-corrected chi connectivity index (χ0v) is 25.2. The maximum atomic E-state index is 4.74. The second-order valence-electron chi connectivity index (χ2n) is 12.0. The maximum Gasteiger partial charge on any atom is 0.0201 e. The summed E-state index contributed by atoms with van der Waals surface area (Å²) in [5.74, 6) is 0.585. The van der Waals surface area contributed by atoms with E-state index in [1.54, 1.807) is 0 Å². The van der Waals surface area contributed by atoms with Crippen LogP contribution < -0.4 is 0 Å². The van der Waals surface area contributed by atoms with Crippen LogP contribution in [0.15, 0.2) is 126 Å². The van der Waals surface area contributed by atoms with Crippen molar-refractivity contribution in [3.63, 3.8) is 0 Å². The Morgan fingerprint density at radius 2 is 1.70 bits per heavy atom. The number of benzene rings is 2. The molecule has 0 saturated heterocycles. The number of fused-ring (bicyclic) bond motifs is 1. The van der Waals surface area contributed by atoms with E-state index in [9.17, 15) is 0 Å². The average molecular weight is 525 g/mol. The van der Waals surface area contributed by atoms with Crippen molar-refractivity contribution in [3.05, 3.63) is 153 Å². The van der Waals surface area contributed by atoms with Gasteiger partial charge in [-0.25, -0.2) is 0 Å². The van der Waals surface area contributed by atoms with E-state index < -0.39 is 0 Å². The molecular formula is C40H44. The molecule has 2 aromatic rings. The summed E-state index contributed by atoms with van der Waals surface area (Å²) in [4.78, 5) is 0. The van der Waals surface area contributed by atoms with Crippen molar-refractivity contribution < 1.29 is 0 Å². The highest BCUT2D eigenvalue weighted by Gasteiger charge is 2.41. The lowest BCUT2D eigenvalue weighted by Gasteiger charge is -2.34. The first-order valence-corrected chi connectivity index (χ1v) is 15.0. The molecule has 1 fully saturated rings. The van der Waals surface area contributed by atoms with Crippen LogP contribution in [0, 0.1) is 12.8 Å². The van der Waals surface area contributed by atoms with Crippen LogP contribution in [0.2, 0.25) is 0 Å². The van der Waals surface area contributed by atoms with Gasteiger partial charge in [0.2, 0.25) is 0 Å². The van der Waals surface area contributed by atoms with Crippen LogP contribution in [-0.4, -0.2) is 0 Å². The number of hydrogen-bond acceptors (Lipinski definition) is 0. The Morgan fingerprint density at radius 3 is 2.35 bits per heavy atom. The summed E-state index contributed by atoms with van der Waals surface area (Å²) >= 11 is 0. The Kier molecular flexibility index (Phi) is 7.99. The van der Waals surface area contributed by atoms with E-state index in [0.717, 1.165) is 37.7 Å². The first kappa shape index (κ1) is 27.9. The molecule has 0 aliphatic heterocycles. The predicted octanol–water partition coefficient (Wildman–Crippen LogP) is 11.2. The van der Waals surface area contributed by atoms with E-state index in [0.29, 0.717) is 5.92 Å². The molecule has 3 aliphatic carbocycles. The van der Waals surface area contributed by atoms with Crippen LogP contribution >= 0.6 is 0 Å². The second kappa shape index (κ2) is 11.5. The molecule has 2 aromatic carbocycles. The number of hydrogen-bond donors (Lipinski definition) is 0. The van der Waals surface area contributed by atoms with Gasteiger partial charge < -0.3 is 0 Å². The molecule has 40 heavy (non-hydrogen) atoms. The molecule has 0 bridgehead atoms. The molecule has 0 N–H and O–H groups in total. The van der Waals surface area contributed by atoms with Gasteiger partial charge in [-0.2, -0.15) is 0 Å². The monoisotopic (exact) mass is 524 g/mol. The Labute approximate surface area is 242 Å². The first-order chi connectivity index (χ1) is 19.2. The Hall–Kier alpha value is -3.64. The fourth-order valence-electron chi connectivity index (χ4n) is 6.93. The molecule has 0 heterocycles. The minimum Gasteiger partial charge on any atom is -0.0955 e. The highest BCUT2D eigenvalue weighted by molar-refractivity contribution is 5.77. The zero-order chi connectivity index (χ0) is 28.6. The summed E-state index contributed by atoms with van der Waals surface area (Å²) in [7, 11) is 0. The minimum absolute atomic E-state index is 0.282. The third-order valence-corrected chi connectivity index (χ3v) is 9.05. The van der Waals surface area contributed by atoms with Gasteiger partial charge in [0.05, 0.1) is 0 Å². The fourth-order valence-corrected chi connectivity index (χ4v) is 6.93. The number of rotatable bonds is 8. The normalized spacial score (nSPS) is 21.4. The van der Waals surface area contributed by atoms with Crippen LogP contribution in [0.1, 0.15) is 87.1 Å². The van der Waals surface area contributed by atoms with Crippen molar-refractivity contribution in [2.75, 3.05) is 0 Å². The van der Waals surface area contributed by atoms with Crippen molar-refractivity contribution in [2.45, 2.75) is 72.6 Å². The van der Waals surface area contributed by atoms with Gasteiger partial charge in [0, 0.05) is 11.8 Å². The third kappa shape index (κ3) is 5.25. The molecule has 0 nitrogen and oxygen atoms in total. The summed E-state index contributed by atoms with van der Waals surface area (Å²) in [6, 6.07) is 16.0. The van der Waals surface area contributed by atoms with E-state index in [-0.39, 0.29) is 5.92 Å². The molecule has 5 rings (SSSR count). The molecule has 204 valence electrons. The van der Waals surface area contributed by atoms with E-state index in [1.807, 2.05) is 0 Å². The summed E-state index contributed by atoms with van der Waals surface area (Å²) in [6.45, 7) is 24.5. The van der Waals surface area contributed by atoms with Crippen LogP contribution in [0.5, 0.6) is 0 Å². The highest BCUT2D eigenvalue weighted by atomic mass is 14.4. The Bertz CT molecular complexity index is 1540. The van der Waals surface area contributed by atoms with E-state index in [2.05, 4.69) is 115 Å². The van der Waals surface area contributed by atoms with Gasteiger partial charge >= 0.3 is 0 Å². The molecule has 2 atom stereocenters. The van der Waals surface area contributed by atoms with Gasteiger partial charge in [-0.05, 0) is 108 Å². The van der Waals surface area contributed by atoms with E-state index in [1.165, 1.54) is 72.4 Å². The van der Waals surface area contributed by atoms with Gasteiger partial charge in [0.25, 0.3) is 0 Å². The van der Waals surface area contributed by atoms with Crippen molar-refractivity contribution >= 4 is 11.1 Å². The Balaban J connectivity index is 1.43. The maximum absolute atomic E-state index is 4.74. The zero-order valence-electron chi connectivity index (χ0n) is 25.2. The molecular weight excluding hydrogens is 480 g/mol. The predicted molar refractivity (Wildman–Crippen MR) is 175 cm³/mol. The molecule has 0 heteroatoms. The lowest BCUT2D eigenvalue weighted by molar-refractivity contribution is 0.619. The van der Waals surface area contributed by atoms with Crippen LogP contribution in [-0.2, 0) is 6.42 Å². The van der Waals surface area contributed by atoms with Crippen LogP contribution in [0.25, 0.3) is 11.1 Å². The lowest BCUT2D eigenvalue weighted by Crippen LogP contribution is -2.21. The molecule has 2 unspecified atom stereocenters. The van der Waals surface area contributed by atoms with Crippen LogP contribution in [0.4, 0.5) is 0 Å². The van der Waals surface area contributed by atoms with Crippen molar-refractivity contribution in [1.29, 1.82) is 0 Å². The van der Waals surface area contributed by atoms with Gasteiger partial charge in [-0.3, -0.25) is 0 Å². The second-order valence-corrected chi connectivity index (χ2v) is 12.0. The van der Waals surface area contributed by atoms with Gasteiger partial charge in [-0.1, -0.05) is 123 Å². The summed E-state index contributed by atoms with van der Waals surface area (Å²) < 4.78 is 0. The van der Waals surface area contributed by atoms with Gasteiger partial charge in [-0.15, -0.1) is 0 Å². The molecule has 1 saturated carbocycles. The third-order valence-electron chi connectivity index (χ3n) is 9.05. The van der Waals surface area contributed by atoms with E-state index in [4.69, 9.17) is 6.58 Å². The number of allylic oxidation sites excluding steroid dienone is 13. The lowest BCUT2D eigenvalue weighted by atomic mass is 9.69. The molecule has 0 radical (unpaired) electrons. The smallest absolute Gasteiger partial charge is 0.0201 e. The van der Waals surface area contributed by atoms with E-state index >= 15 is 0 Å². The quantitative estimate of drug-likeness (QED) is 0.322. The van der Waals surface area contributed by atoms with Crippen LogP contribution in [0.3, 0.4) is 0 Å². The Morgan fingerprint density at radius 1 is 0.950 bits per heavy atom. The SMILES string of the molecule is C=C(CCC)C1=C(C)C=C2CC(=CC3=CC=C(c4ccc(C(=C)C)cc4C)C3)C(=C)C2C1c1ccc(CC)cc1. The molecule has 3 aliphatic rings. The average Bonchev–Trinajstić information content (AvgIpc) is 3.52. The topological polar surface area (TPSA) is 0 Å². The number of aryl methyl sites for hydroxylation is 2. The minimum atomic E-state index is 0.282. The summed E-state index contributed by atoms with van der Waals surface area (Å²) in [5.41, 5.74) is 18.8. The van der Waals surface area contributed by atoms with Gasteiger partial charge in [0.15, 0.2) is 0 Å². The molecule has 0 aromatic heterocycles. The largest absolute Gasteiger partial charge is 0.0955 e. The summed E-state index contributed by atoms with van der Waals surface area (Å²) in [6.07, 6.45) is 14.6. The van der Waals surface area contributed by atoms with Crippen molar-refractivity contribution in [1.82, 2.24) is 0 Å². The molecule has 0 spiro atoms. The summed E-state index contributed by atoms with van der Waals surface area (Å²) in [5, 5.41) is 0.